The molecule has 5 nitrogen and oxygen atoms in total. The first kappa shape index (κ1) is 21.1. The molecular weight excluding hydrogens is 440 g/mol. The molecule has 3 heterocycles. The molecule has 2 aliphatic heterocycles. The van der Waals surface area contributed by atoms with Gasteiger partial charge in [0.1, 0.15) is 0 Å². The Balaban J connectivity index is 0.00000218. The van der Waals surface area contributed by atoms with E-state index in [1.165, 1.54) is 6.07 Å². The largest absolute Gasteiger partial charge is 0.416 e. The zero-order valence-corrected chi connectivity index (χ0v) is 17.3. The number of carbonyl (C=O) groups excluding carboxylic acids is 1. The average Bonchev–Trinajstić information content (AvgIpc) is 3.39. The minimum atomic E-state index is -4.46. The van der Waals surface area contributed by atoms with Crippen molar-refractivity contribution in [2.45, 2.75) is 37.5 Å². The van der Waals surface area contributed by atoms with E-state index in [9.17, 15) is 18.0 Å². The number of nitrogens with one attached hydrogen (secondary N) is 1. The van der Waals surface area contributed by atoms with Gasteiger partial charge in [0.15, 0.2) is 5.82 Å². The van der Waals surface area contributed by atoms with Crippen molar-refractivity contribution in [1.82, 2.24) is 10.3 Å². The molecule has 1 N–H and O–H groups in total. The van der Waals surface area contributed by atoms with Gasteiger partial charge in [-0.1, -0.05) is 23.7 Å². The van der Waals surface area contributed by atoms with E-state index in [1.54, 1.807) is 17.0 Å². The number of rotatable bonds is 2. The van der Waals surface area contributed by atoms with Crippen LogP contribution in [-0.2, 0) is 6.18 Å². The maximum absolute atomic E-state index is 13.1. The Morgan fingerprint density at radius 2 is 1.97 bits per heavy atom. The third kappa shape index (κ3) is 3.67. The molecule has 1 saturated heterocycles. The van der Waals surface area contributed by atoms with E-state index >= 15 is 0 Å². The average molecular weight is 459 g/mol. The van der Waals surface area contributed by atoms with Gasteiger partial charge in [0, 0.05) is 24.7 Å². The van der Waals surface area contributed by atoms with Crippen molar-refractivity contribution in [1.29, 1.82) is 0 Å². The number of hydrogen-bond acceptors (Lipinski definition) is 3. The van der Waals surface area contributed by atoms with Gasteiger partial charge in [-0.25, -0.2) is 9.78 Å². The molecule has 1 aliphatic carbocycles. The molecule has 5 rings (SSSR count). The van der Waals surface area contributed by atoms with Crippen LogP contribution in [0.4, 0.5) is 29.5 Å². The predicted molar refractivity (Wildman–Crippen MR) is 112 cm³/mol. The summed E-state index contributed by atoms with van der Waals surface area (Å²) in [7, 11) is 0. The number of benzene rings is 1. The highest BCUT2D eigenvalue weighted by Crippen LogP contribution is 2.43. The van der Waals surface area contributed by atoms with Gasteiger partial charge in [-0.2, -0.15) is 13.2 Å². The van der Waals surface area contributed by atoms with Crippen LogP contribution in [0.1, 0.15) is 24.8 Å². The van der Waals surface area contributed by atoms with Gasteiger partial charge in [0.2, 0.25) is 0 Å². The van der Waals surface area contributed by atoms with Gasteiger partial charge in [-0.05, 0) is 37.5 Å². The third-order valence-corrected chi connectivity index (χ3v) is 5.91. The summed E-state index contributed by atoms with van der Waals surface area (Å²) in [5.74, 6) is 0.453. The molecular formula is C20H19Cl2F3N4O. The fourth-order valence-corrected chi connectivity index (χ4v) is 4.26. The maximum Gasteiger partial charge on any atom is 0.416 e. The first-order chi connectivity index (χ1) is 13.8. The summed E-state index contributed by atoms with van der Waals surface area (Å²) in [6.45, 7) is 1.48. The van der Waals surface area contributed by atoms with Crippen LogP contribution in [0.3, 0.4) is 0 Å². The number of halogens is 5. The Bertz CT molecular complexity index is 997. The monoisotopic (exact) mass is 458 g/mol. The molecule has 1 atom stereocenters. The van der Waals surface area contributed by atoms with Crippen molar-refractivity contribution < 1.29 is 18.0 Å². The summed E-state index contributed by atoms with van der Waals surface area (Å²) in [4.78, 5) is 21.3. The zero-order chi connectivity index (χ0) is 20.3. The normalized spacial score (nSPS) is 19.9. The minimum Gasteiger partial charge on any atom is -0.366 e. The number of carbonyl (C=O) groups is 1. The maximum atomic E-state index is 13.1. The first-order valence-electron chi connectivity index (χ1n) is 9.54. The minimum absolute atomic E-state index is 0. The second-order valence-electron chi connectivity index (χ2n) is 7.72. The Hall–Kier alpha value is -2.19. The van der Waals surface area contributed by atoms with Crippen LogP contribution in [0.15, 0.2) is 30.3 Å². The number of anilines is 2. The summed E-state index contributed by atoms with van der Waals surface area (Å²) in [5.41, 5.74) is 0.481. The zero-order valence-electron chi connectivity index (χ0n) is 15.7. The van der Waals surface area contributed by atoms with Crippen molar-refractivity contribution in [3.8, 4) is 11.3 Å². The molecule has 30 heavy (non-hydrogen) atoms. The number of amides is 2. The third-order valence-electron chi connectivity index (χ3n) is 5.62. The molecule has 10 heteroatoms. The number of hydrogen-bond donors (Lipinski definition) is 1. The molecule has 2 bridgehead atoms. The van der Waals surface area contributed by atoms with Crippen LogP contribution < -0.4 is 15.1 Å². The fourth-order valence-electron chi connectivity index (χ4n) is 4.00. The van der Waals surface area contributed by atoms with E-state index in [2.05, 4.69) is 15.2 Å². The lowest BCUT2D eigenvalue weighted by Gasteiger charge is -2.36. The molecule has 1 aromatic carbocycles. The second kappa shape index (κ2) is 7.50. The van der Waals surface area contributed by atoms with Gasteiger partial charge in [0.05, 0.1) is 28.0 Å². The molecule has 2 fully saturated rings. The lowest BCUT2D eigenvalue weighted by molar-refractivity contribution is -0.137. The SMILES string of the molecule is Cl.O=C(NC1CC1)N1c2nc(-c3cccc(C(F)(F)F)c3)c(Cl)cc2N2CC[C@H]1C2. The van der Waals surface area contributed by atoms with E-state index in [-0.39, 0.29) is 46.8 Å². The van der Waals surface area contributed by atoms with Crippen LogP contribution in [0, 0.1) is 0 Å². The standard InChI is InChI=1S/C20H18ClF3N4O.ClH/c21-15-9-16-18(26-17(15)11-2-1-3-12(8-11)20(22,23)24)28(14-6-7-27(16)10-14)19(29)25-13-4-5-13;/h1-3,8-9,13-14H,4-7,10H2,(H,25,29);1H/t14-;/m0./s1. The van der Waals surface area contributed by atoms with E-state index in [0.717, 1.165) is 43.6 Å². The molecule has 2 amide bonds. The lowest BCUT2D eigenvalue weighted by Crippen LogP contribution is -2.51. The van der Waals surface area contributed by atoms with Gasteiger partial charge in [0.25, 0.3) is 0 Å². The highest BCUT2D eigenvalue weighted by Gasteiger charge is 2.42. The fraction of sp³-hybridized carbons (Fsp3) is 0.400. The highest BCUT2D eigenvalue weighted by atomic mass is 35.5. The van der Waals surface area contributed by atoms with Gasteiger partial charge in [-0.3, -0.25) is 4.90 Å². The van der Waals surface area contributed by atoms with Crippen molar-refractivity contribution in [3.05, 3.63) is 40.9 Å². The molecule has 1 aromatic heterocycles. The Morgan fingerprint density at radius 1 is 1.20 bits per heavy atom. The Labute approximate surface area is 182 Å². The second-order valence-corrected chi connectivity index (χ2v) is 8.13. The van der Waals surface area contributed by atoms with Crippen LogP contribution in [-0.4, -0.2) is 36.2 Å². The van der Waals surface area contributed by atoms with Crippen molar-refractivity contribution in [2.75, 3.05) is 22.9 Å². The number of fused-ring (bicyclic) bond motifs is 4. The van der Waals surface area contributed by atoms with Crippen LogP contribution in [0.25, 0.3) is 11.3 Å². The number of aromatic nitrogens is 1. The molecule has 0 radical (unpaired) electrons. The van der Waals surface area contributed by atoms with Gasteiger partial charge >= 0.3 is 12.2 Å². The summed E-state index contributed by atoms with van der Waals surface area (Å²) in [6, 6.07) is 6.61. The Morgan fingerprint density at radius 3 is 2.67 bits per heavy atom. The summed E-state index contributed by atoms with van der Waals surface area (Å²) in [5, 5.41) is 3.26. The molecule has 0 unspecified atom stereocenters. The molecule has 3 aliphatic rings. The molecule has 160 valence electrons. The summed E-state index contributed by atoms with van der Waals surface area (Å²) in [6.07, 6.45) is -1.72. The van der Waals surface area contributed by atoms with Gasteiger partial charge < -0.3 is 10.2 Å². The van der Waals surface area contributed by atoms with Crippen molar-refractivity contribution in [3.63, 3.8) is 0 Å². The smallest absolute Gasteiger partial charge is 0.366 e. The van der Waals surface area contributed by atoms with Crippen molar-refractivity contribution >= 4 is 41.5 Å². The van der Waals surface area contributed by atoms with Crippen LogP contribution >= 0.6 is 24.0 Å². The summed E-state index contributed by atoms with van der Waals surface area (Å²) < 4.78 is 39.4. The predicted octanol–water partition coefficient (Wildman–Crippen LogP) is 5.11. The van der Waals surface area contributed by atoms with Crippen LogP contribution in [0.2, 0.25) is 5.02 Å². The number of nitrogens with zero attached hydrogens (tertiary/aromatic N) is 3. The number of pyridine rings is 1. The van der Waals surface area contributed by atoms with E-state index < -0.39 is 11.7 Å². The number of alkyl halides is 3. The van der Waals surface area contributed by atoms with E-state index in [0.29, 0.717) is 12.4 Å². The molecule has 2 aromatic rings. The van der Waals surface area contributed by atoms with Crippen molar-refractivity contribution in [2.24, 2.45) is 0 Å². The lowest BCUT2D eigenvalue weighted by atomic mass is 10.1. The first-order valence-corrected chi connectivity index (χ1v) is 9.92. The van der Waals surface area contributed by atoms with Gasteiger partial charge in [-0.15, -0.1) is 12.4 Å². The van der Waals surface area contributed by atoms with E-state index in [1.807, 2.05) is 0 Å². The van der Waals surface area contributed by atoms with E-state index in [4.69, 9.17) is 11.6 Å². The summed E-state index contributed by atoms with van der Waals surface area (Å²) >= 11 is 6.43. The topological polar surface area (TPSA) is 48.5 Å². The molecule has 0 spiro atoms. The van der Waals surface area contributed by atoms with Crippen LogP contribution in [0.5, 0.6) is 0 Å². The quantitative estimate of drug-likeness (QED) is 0.679. The number of urea groups is 1. The molecule has 1 saturated carbocycles. The Kier molecular flexibility index (Phi) is 5.26. The highest BCUT2D eigenvalue weighted by molar-refractivity contribution is 6.33.